The molecular weight excluding hydrogens is 302 g/mol. The van der Waals surface area contributed by atoms with Gasteiger partial charge in [0.1, 0.15) is 17.1 Å². The normalized spacial score (nSPS) is 11.1. The van der Waals surface area contributed by atoms with Gasteiger partial charge in [0.15, 0.2) is 0 Å². The lowest BCUT2D eigenvalue weighted by Crippen LogP contribution is -2.23. The van der Waals surface area contributed by atoms with E-state index in [-0.39, 0.29) is 5.97 Å². The van der Waals surface area contributed by atoms with Gasteiger partial charge in [0.25, 0.3) is 0 Å². The number of rotatable bonds is 3. The maximum absolute atomic E-state index is 11.9. The highest BCUT2D eigenvalue weighted by Gasteiger charge is 2.17. The Kier molecular flexibility index (Phi) is 4.62. The van der Waals surface area contributed by atoms with Crippen LogP contribution in [0, 0.1) is 0 Å². The standard InChI is InChI=1S/C17H18ClNO3/c1-17(2,3)22-16(20)11-4-7-13(8-5-11)21-15-9-6-12(18)10-14(15)19/h4-10H,19H2,1-3H3. The number of hydrogen-bond donors (Lipinski definition) is 1. The van der Waals surface area contributed by atoms with Crippen LogP contribution in [0.3, 0.4) is 0 Å². The molecule has 2 aromatic rings. The molecule has 0 heterocycles. The molecule has 0 amide bonds. The molecule has 116 valence electrons. The minimum Gasteiger partial charge on any atom is -0.456 e. The van der Waals surface area contributed by atoms with Crippen molar-refractivity contribution in [2.24, 2.45) is 0 Å². The Labute approximate surface area is 134 Å². The number of nitrogen functional groups attached to an aromatic ring is 1. The Balaban J connectivity index is 2.10. The summed E-state index contributed by atoms with van der Waals surface area (Å²) >= 11 is 5.84. The third-order valence-electron chi connectivity index (χ3n) is 2.69. The van der Waals surface area contributed by atoms with E-state index < -0.39 is 5.60 Å². The molecule has 2 rings (SSSR count). The summed E-state index contributed by atoms with van der Waals surface area (Å²) in [4.78, 5) is 11.9. The van der Waals surface area contributed by atoms with Gasteiger partial charge in [-0.1, -0.05) is 11.6 Å². The Morgan fingerprint density at radius 3 is 2.27 bits per heavy atom. The predicted molar refractivity (Wildman–Crippen MR) is 87.5 cm³/mol. The van der Waals surface area contributed by atoms with Crippen molar-refractivity contribution in [1.82, 2.24) is 0 Å². The van der Waals surface area contributed by atoms with E-state index in [2.05, 4.69) is 0 Å². The van der Waals surface area contributed by atoms with Crippen molar-refractivity contribution in [2.45, 2.75) is 26.4 Å². The van der Waals surface area contributed by atoms with E-state index in [0.717, 1.165) is 0 Å². The topological polar surface area (TPSA) is 61.5 Å². The zero-order chi connectivity index (χ0) is 16.3. The first-order chi connectivity index (χ1) is 10.2. The van der Waals surface area contributed by atoms with Gasteiger partial charge in [0.05, 0.1) is 11.3 Å². The molecule has 0 fully saturated rings. The molecule has 0 bridgehead atoms. The fourth-order valence-electron chi connectivity index (χ4n) is 1.74. The fraction of sp³-hybridized carbons (Fsp3) is 0.235. The second kappa shape index (κ2) is 6.28. The minimum atomic E-state index is -0.524. The van der Waals surface area contributed by atoms with Crippen LogP contribution in [0.5, 0.6) is 11.5 Å². The van der Waals surface area contributed by atoms with Gasteiger partial charge in [-0.2, -0.15) is 0 Å². The average Bonchev–Trinajstić information content (AvgIpc) is 2.41. The second-order valence-electron chi connectivity index (χ2n) is 5.81. The maximum Gasteiger partial charge on any atom is 0.338 e. The van der Waals surface area contributed by atoms with Crippen LogP contribution in [0.4, 0.5) is 5.69 Å². The molecule has 0 unspecified atom stereocenters. The molecular formula is C17H18ClNO3. The van der Waals surface area contributed by atoms with Gasteiger partial charge >= 0.3 is 5.97 Å². The summed E-state index contributed by atoms with van der Waals surface area (Å²) in [5, 5.41) is 0.546. The zero-order valence-electron chi connectivity index (χ0n) is 12.7. The molecule has 4 nitrogen and oxygen atoms in total. The fourth-order valence-corrected chi connectivity index (χ4v) is 1.92. The van der Waals surface area contributed by atoms with Crippen LogP contribution in [0.15, 0.2) is 42.5 Å². The molecule has 0 saturated heterocycles. The van der Waals surface area contributed by atoms with E-state index in [1.165, 1.54) is 0 Å². The number of halogens is 1. The molecule has 0 saturated carbocycles. The first-order valence-corrected chi connectivity index (χ1v) is 7.19. The second-order valence-corrected chi connectivity index (χ2v) is 6.25. The van der Waals surface area contributed by atoms with Crippen molar-refractivity contribution in [3.8, 4) is 11.5 Å². The van der Waals surface area contributed by atoms with Crippen molar-refractivity contribution in [3.05, 3.63) is 53.1 Å². The van der Waals surface area contributed by atoms with Gasteiger partial charge in [-0.3, -0.25) is 0 Å². The minimum absolute atomic E-state index is 0.370. The molecule has 5 heteroatoms. The number of esters is 1. The molecule has 0 aliphatic heterocycles. The van der Waals surface area contributed by atoms with Crippen LogP contribution >= 0.6 is 11.6 Å². The predicted octanol–water partition coefficient (Wildman–Crippen LogP) is 4.67. The summed E-state index contributed by atoms with van der Waals surface area (Å²) in [6.07, 6.45) is 0. The summed E-state index contributed by atoms with van der Waals surface area (Å²) in [6, 6.07) is 11.7. The molecule has 0 atom stereocenters. The molecule has 0 aromatic heterocycles. The molecule has 0 radical (unpaired) electrons. The third kappa shape index (κ3) is 4.40. The molecule has 22 heavy (non-hydrogen) atoms. The number of anilines is 1. The quantitative estimate of drug-likeness (QED) is 0.659. The van der Waals surface area contributed by atoms with Crippen molar-refractivity contribution in [2.75, 3.05) is 5.73 Å². The molecule has 2 N–H and O–H groups in total. The van der Waals surface area contributed by atoms with Crippen LogP contribution in [-0.4, -0.2) is 11.6 Å². The monoisotopic (exact) mass is 319 g/mol. The largest absolute Gasteiger partial charge is 0.456 e. The summed E-state index contributed by atoms with van der Waals surface area (Å²) in [6.45, 7) is 5.48. The maximum atomic E-state index is 11.9. The lowest BCUT2D eigenvalue weighted by molar-refractivity contribution is 0.00695. The Bertz CT molecular complexity index is 675. The Hall–Kier alpha value is -2.20. The highest BCUT2D eigenvalue weighted by molar-refractivity contribution is 6.30. The highest BCUT2D eigenvalue weighted by atomic mass is 35.5. The van der Waals surface area contributed by atoms with E-state index >= 15 is 0 Å². The first-order valence-electron chi connectivity index (χ1n) is 6.81. The van der Waals surface area contributed by atoms with Gasteiger partial charge in [0, 0.05) is 5.02 Å². The molecule has 0 aliphatic rings. The van der Waals surface area contributed by atoms with Crippen molar-refractivity contribution >= 4 is 23.3 Å². The van der Waals surface area contributed by atoms with Gasteiger partial charge in [0.2, 0.25) is 0 Å². The summed E-state index contributed by atoms with van der Waals surface area (Å²) in [5.74, 6) is 0.709. The van der Waals surface area contributed by atoms with E-state index in [4.69, 9.17) is 26.8 Å². The van der Waals surface area contributed by atoms with Crippen LogP contribution in [0.2, 0.25) is 5.02 Å². The summed E-state index contributed by atoms with van der Waals surface area (Å²) in [5.41, 5.74) is 6.22. The third-order valence-corrected chi connectivity index (χ3v) is 2.92. The number of carbonyl (C=O) groups is 1. The van der Waals surface area contributed by atoms with E-state index in [1.807, 2.05) is 20.8 Å². The van der Waals surface area contributed by atoms with Crippen LogP contribution in [0.1, 0.15) is 31.1 Å². The number of carbonyl (C=O) groups excluding carboxylic acids is 1. The van der Waals surface area contributed by atoms with Gasteiger partial charge in [-0.05, 0) is 63.2 Å². The number of hydrogen-bond acceptors (Lipinski definition) is 4. The zero-order valence-corrected chi connectivity index (χ0v) is 13.5. The average molecular weight is 320 g/mol. The smallest absolute Gasteiger partial charge is 0.338 e. The van der Waals surface area contributed by atoms with Crippen molar-refractivity contribution in [3.63, 3.8) is 0 Å². The lowest BCUT2D eigenvalue weighted by atomic mass is 10.1. The molecule has 2 aromatic carbocycles. The number of benzene rings is 2. The van der Waals surface area contributed by atoms with Crippen molar-refractivity contribution in [1.29, 1.82) is 0 Å². The van der Waals surface area contributed by atoms with Gasteiger partial charge < -0.3 is 15.2 Å². The highest BCUT2D eigenvalue weighted by Crippen LogP contribution is 2.29. The Morgan fingerprint density at radius 2 is 1.73 bits per heavy atom. The van der Waals surface area contributed by atoms with Crippen LogP contribution in [-0.2, 0) is 4.74 Å². The Morgan fingerprint density at radius 1 is 1.09 bits per heavy atom. The van der Waals surface area contributed by atoms with Crippen molar-refractivity contribution < 1.29 is 14.3 Å². The number of ether oxygens (including phenoxy) is 2. The summed E-state index contributed by atoms with van der Waals surface area (Å²) in [7, 11) is 0. The van der Waals surface area contributed by atoms with E-state index in [1.54, 1.807) is 42.5 Å². The summed E-state index contributed by atoms with van der Waals surface area (Å²) < 4.78 is 11.0. The molecule has 0 aliphatic carbocycles. The van der Waals surface area contributed by atoms with E-state index in [9.17, 15) is 4.79 Å². The molecule has 0 spiro atoms. The first kappa shape index (κ1) is 16.2. The van der Waals surface area contributed by atoms with Gasteiger partial charge in [-0.25, -0.2) is 4.79 Å². The number of nitrogens with two attached hydrogens (primary N) is 1. The SMILES string of the molecule is CC(C)(C)OC(=O)c1ccc(Oc2ccc(Cl)cc2N)cc1. The van der Waals surface area contributed by atoms with Crippen LogP contribution < -0.4 is 10.5 Å². The van der Waals surface area contributed by atoms with Gasteiger partial charge in [-0.15, -0.1) is 0 Å². The van der Waals surface area contributed by atoms with E-state index in [0.29, 0.717) is 27.8 Å². The van der Waals surface area contributed by atoms with Crippen LogP contribution in [0.25, 0.3) is 0 Å². The lowest BCUT2D eigenvalue weighted by Gasteiger charge is -2.19.